The van der Waals surface area contributed by atoms with E-state index in [0.29, 0.717) is 22.9 Å². The van der Waals surface area contributed by atoms with Crippen LogP contribution in [0.3, 0.4) is 0 Å². The molecule has 0 aliphatic heterocycles. The lowest BCUT2D eigenvalue weighted by molar-refractivity contribution is -0.140. The topological polar surface area (TPSA) is 96.0 Å². The molecule has 0 aliphatic rings. The Hall–Kier alpha value is -3.56. The molecule has 0 heterocycles. The number of benzene rings is 3. The Kier molecular flexibility index (Phi) is 11.0. The van der Waals surface area contributed by atoms with Crippen molar-refractivity contribution in [2.75, 3.05) is 18.0 Å². The fourth-order valence-corrected chi connectivity index (χ4v) is 5.69. The molecule has 40 heavy (non-hydrogen) atoms. The zero-order valence-electron chi connectivity index (χ0n) is 23.2. The van der Waals surface area contributed by atoms with E-state index < -0.39 is 28.5 Å². The maximum atomic E-state index is 14.0. The lowest BCUT2D eigenvalue weighted by Crippen LogP contribution is -2.53. The van der Waals surface area contributed by atoms with Crippen LogP contribution in [0.4, 0.5) is 5.69 Å². The fraction of sp³-hybridized carbons (Fsp3) is 0.333. The number of ether oxygens (including phenoxy) is 1. The quantitative estimate of drug-likeness (QED) is 0.295. The smallest absolute Gasteiger partial charge is 0.264 e. The van der Waals surface area contributed by atoms with E-state index in [-0.39, 0.29) is 23.4 Å². The number of nitrogens with one attached hydrogen (secondary N) is 1. The molecule has 0 aromatic heterocycles. The summed E-state index contributed by atoms with van der Waals surface area (Å²) in [6.07, 6.45) is 1.08. The molecule has 8 nitrogen and oxygen atoms in total. The van der Waals surface area contributed by atoms with E-state index in [1.165, 1.54) is 24.1 Å². The van der Waals surface area contributed by atoms with Crippen molar-refractivity contribution in [3.8, 4) is 5.75 Å². The van der Waals surface area contributed by atoms with Crippen molar-refractivity contribution in [3.05, 3.63) is 89.4 Å². The van der Waals surface area contributed by atoms with Gasteiger partial charge in [-0.1, -0.05) is 55.8 Å². The first-order chi connectivity index (χ1) is 19.1. The molecule has 3 rings (SSSR count). The lowest BCUT2D eigenvalue weighted by Gasteiger charge is -2.33. The second-order valence-corrected chi connectivity index (χ2v) is 11.7. The number of methoxy groups -OCH3 is 1. The summed E-state index contributed by atoms with van der Waals surface area (Å²) >= 11 is 6.06. The van der Waals surface area contributed by atoms with Gasteiger partial charge < -0.3 is 15.0 Å². The van der Waals surface area contributed by atoms with E-state index in [4.69, 9.17) is 16.3 Å². The summed E-state index contributed by atoms with van der Waals surface area (Å²) < 4.78 is 34.0. The van der Waals surface area contributed by atoms with Crippen LogP contribution in [0.1, 0.15) is 39.2 Å². The van der Waals surface area contributed by atoms with Gasteiger partial charge in [-0.3, -0.25) is 13.9 Å². The average molecular weight is 586 g/mol. The molecule has 1 N–H and O–H groups in total. The second-order valence-electron chi connectivity index (χ2n) is 9.41. The molecule has 0 bridgehead atoms. The van der Waals surface area contributed by atoms with Crippen LogP contribution in [0.25, 0.3) is 0 Å². The van der Waals surface area contributed by atoms with E-state index in [1.54, 1.807) is 66.7 Å². The zero-order valence-corrected chi connectivity index (χ0v) is 24.8. The van der Waals surface area contributed by atoms with Gasteiger partial charge in [0.2, 0.25) is 11.8 Å². The molecule has 0 saturated carbocycles. The summed E-state index contributed by atoms with van der Waals surface area (Å²) in [5.41, 5.74) is 1.09. The molecule has 0 saturated heterocycles. The normalized spacial score (nSPS) is 12.7. The first-order valence-corrected chi connectivity index (χ1v) is 15.0. The number of halogens is 1. The molecule has 0 unspecified atom stereocenters. The predicted octanol–water partition coefficient (Wildman–Crippen LogP) is 5.27. The minimum Gasteiger partial charge on any atom is -0.497 e. The Bertz CT molecular complexity index is 1370. The van der Waals surface area contributed by atoms with Crippen molar-refractivity contribution in [1.82, 2.24) is 10.2 Å². The van der Waals surface area contributed by atoms with Crippen LogP contribution in [0.2, 0.25) is 5.02 Å². The van der Waals surface area contributed by atoms with E-state index in [0.717, 1.165) is 16.3 Å². The monoisotopic (exact) mass is 585 g/mol. The summed E-state index contributed by atoms with van der Waals surface area (Å²) in [5, 5.41) is 3.51. The first-order valence-electron chi connectivity index (χ1n) is 13.2. The molecule has 0 aliphatic carbocycles. The van der Waals surface area contributed by atoms with Gasteiger partial charge in [0.1, 0.15) is 18.3 Å². The van der Waals surface area contributed by atoms with Crippen molar-refractivity contribution in [1.29, 1.82) is 0 Å². The van der Waals surface area contributed by atoms with E-state index >= 15 is 0 Å². The molecule has 214 valence electrons. The third-order valence-corrected chi connectivity index (χ3v) is 8.66. The number of amides is 2. The van der Waals surface area contributed by atoms with E-state index in [2.05, 4.69) is 5.32 Å². The highest BCUT2D eigenvalue weighted by atomic mass is 35.5. The number of anilines is 1. The Morgan fingerprint density at radius 1 is 0.925 bits per heavy atom. The number of sulfonamides is 1. The van der Waals surface area contributed by atoms with Crippen LogP contribution in [0.5, 0.6) is 5.75 Å². The number of hydrogen-bond acceptors (Lipinski definition) is 5. The van der Waals surface area contributed by atoms with Crippen LogP contribution >= 0.6 is 11.6 Å². The molecule has 0 radical (unpaired) electrons. The van der Waals surface area contributed by atoms with Gasteiger partial charge in [-0.05, 0) is 73.9 Å². The molecule has 2 atom stereocenters. The SMILES string of the molecule is CC[C@@H](C)NC(=O)[C@H](CC)N(Cc1ccc(Cl)cc1)C(=O)CN(c1ccccc1)S(=O)(=O)c1ccc(OC)cc1. The highest BCUT2D eigenvalue weighted by Gasteiger charge is 2.34. The molecule has 10 heteroatoms. The number of carbonyl (C=O) groups is 2. The van der Waals surface area contributed by atoms with Crippen LogP contribution in [0, 0.1) is 0 Å². The number of hydrogen-bond donors (Lipinski definition) is 1. The summed E-state index contributed by atoms with van der Waals surface area (Å²) in [5.74, 6) is -0.293. The van der Waals surface area contributed by atoms with Crippen molar-refractivity contribution >= 4 is 39.1 Å². The predicted molar refractivity (Wildman–Crippen MR) is 158 cm³/mol. The van der Waals surface area contributed by atoms with Crippen LogP contribution < -0.4 is 14.4 Å². The largest absolute Gasteiger partial charge is 0.497 e. The molecular formula is C30H36ClN3O5S. The van der Waals surface area contributed by atoms with Crippen LogP contribution in [-0.4, -0.2) is 50.9 Å². The summed E-state index contributed by atoms with van der Waals surface area (Å²) in [7, 11) is -2.65. The van der Waals surface area contributed by atoms with Gasteiger partial charge >= 0.3 is 0 Å². The molecule has 2 amide bonds. The number of para-hydroxylation sites is 1. The molecular weight excluding hydrogens is 550 g/mol. The molecule has 0 spiro atoms. The summed E-state index contributed by atoms with van der Waals surface area (Å²) in [6.45, 7) is 5.29. The third-order valence-electron chi connectivity index (χ3n) is 6.62. The Balaban J connectivity index is 2.02. The second kappa shape index (κ2) is 14.2. The summed E-state index contributed by atoms with van der Waals surface area (Å²) in [4.78, 5) is 28.8. The van der Waals surface area contributed by atoms with Crippen LogP contribution in [0.15, 0.2) is 83.8 Å². The zero-order chi connectivity index (χ0) is 29.3. The van der Waals surface area contributed by atoms with E-state index in [1.807, 2.05) is 20.8 Å². The minimum absolute atomic E-state index is 0.00996. The van der Waals surface area contributed by atoms with Gasteiger partial charge in [-0.2, -0.15) is 0 Å². The third kappa shape index (κ3) is 7.76. The summed E-state index contributed by atoms with van der Waals surface area (Å²) in [6, 6.07) is 20.5. The van der Waals surface area contributed by atoms with Crippen molar-refractivity contribution < 1.29 is 22.7 Å². The number of nitrogens with zero attached hydrogens (tertiary/aromatic N) is 2. The fourth-order valence-electron chi connectivity index (χ4n) is 4.15. The van der Waals surface area contributed by atoms with Crippen molar-refractivity contribution in [3.63, 3.8) is 0 Å². The molecule has 3 aromatic rings. The Morgan fingerprint density at radius 2 is 1.55 bits per heavy atom. The number of rotatable bonds is 13. The minimum atomic E-state index is -4.15. The van der Waals surface area contributed by atoms with Crippen molar-refractivity contribution in [2.24, 2.45) is 0 Å². The van der Waals surface area contributed by atoms with Crippen molar-refractivity contribution in [2.45, 2.75) is 57.1 Å². The van der Waals surface area contributed by atoms with E-state index in [9.17, 15) is 18.0 Å². The van der Waals surface area contributed by atoms with Gasteiger partial charge in [0.15, 0.2) is 0 Å². The van der Waals surface area contributed by atoms with Gasteiger partial charge in [0, 0.05) is 17.6 Å². The average Bonchev–Trinajstić information content (AvgIpc) is 2.96. The van der Waals surface area contributed by atoms with Gasteiger partial charge in [0.25, 0.3) is 10.0 Å². The van der Waals surface area contributed by atoms with Gasteiger partial charge in [-0.15, -0.1) is 0 Å². The standard InChI is InChI=1S/C30H36ClN3O5S/c1-5-22(3)32-30(36)28(6-2)33(20-23-12-14-24(31)15-13-23)29(35)21-34(25-10-8-7-9-11-25)40(37,38)27-18-16-26(39-4)17-19-27/h7-19,22,28H,5-6,20-21H2,1-4H3,(H,32,36)/t22-,28+/m1/s1. The Labute approximate surface area is 241 Å². The van der Waals surface area contributed by atoms with Gasteiger partial charge in [0.05, 0.1) is 17.7 Å². The maximum Gasteiger partial charge on any atom is 0.264 e. The van der Waals surface area contributed by atoms with Gasteiger partial charge in [-0.25, -0.2) is 8.42 Å². The first kappa shape index (κ1) is 31.0. The maximum absolute atomic E-state index is 14.0. The van der Waals surface area contributed by atoms with Crippen LogP contribution in [-0.2, 0) is 26.2 Å². The Morgan fingerprint density at radius 3 is 2.10 bits per heavy atom. The number of carbonyl (C=O) groups excluding carboxylic acids is 2. The lowest BCUT2D eigenvalue weighted by atomic mass is 10.1. The highest BCUT2D eigenvalue weighted by Crippen LogP contribution is 2.26. The molecule has 0 fully saturated rings. The molecule has 3 aromatic carbocycles. The highest BCUT2D eigenvalue weighted by molar-refractivity contribution is 7.92.